The van der Waals surface area contributed by atoms with Crippen LogP contribution in [-0.4, -0.2) is 65.0 Å². The summed E-state index contributed by atoms with van der Waals surface area (Å²) in [4.78, 5) is 14.3. The number of carbonyl (C=O) groups excluding carboxylic acids is 1. The molecule has 3 aromatic carbocycles. The van der Waals surface area contributed by atoms with E-state index in [1.807, 2.05) is 42.5 Å². The number of ether oxygens (including phenoxy) is 5. The molecular weight excluding hydrogens is 410 g/mol. The van der Waals surface area contributed by atoms with Gasteiger partial charge in [0.25, 0.3) is 5.91 Å². The minimum absolute atomic E-state index is 0.0208. The van der Waals surface area contributed by atoms with Gasteiger partial charge in [-0.1, -0.05) is 24.3 Å². The third kappa shape index (κ3) is 4.43. The van der Waals surface area contributed by atoms with Gasteiger partial charge in [-0.15, -0.1) is 0 Å². The Morgan fingerprint density at radius 1 is 0.938 bits per heavy atom. The van der Waals surface area contributed by atoms with Crippen molar-refractivity contribution < 1.29 is 28.5 Å². The first-order valence-electron chi connectivity index (χ1n) is 10.5. The highest BCUT2D eigenvalue weighted by molar-refractivity contribution is 5.98. The first kappa shape index (κ1) is 21.8. The number of methoxy groups -OCH3 is 3. The highest BCUT2D eigenvalue weighted by Gasteiger charge is 2.19. The van der Waals surface area contributed by atoms with E-state index in [0.29, 0.717) is 49.3 Å². The zero-order valence-electron chi connectivity index (χ0n) is 18.6. The second kappa shape index (κ2) is 9.78. The van der Waals surface area contributed by atoms with Gasteiger partial charge in [-0.05, 0) is 46.2 Å². The summed E-state index contributed by atoms with van der Waals surface area (Å²) >= 11 is 0. The SMILES string of the molecule is COc1cc(-c2cc(OCC(=O)N3CCOCC3)cc3ccccc23)cc(OC)c1OC. The minimum atomic E-state index is -0.0456. The van der Waals surface area contributed by atoms with E-state index in [-0.39, 0.29) is 12.5 Å². The molecule has 168 valence electrons. The molecule has 0 spiro atoms. The van der Waals surface area contributed by atoms with Gasteiger partial charge in [-0.3, -0.25) is 4.79 Å². The zero-order valence-corrected chi connectivity index (χ0v) is 18.6. The van der Waals surface area contributed by atoms with Crippen molar-refractivity contribution in [2.75, 3.05) is 54.2 Å². The average molecular weight is 437 g/mol. The molecule has 0 saturated carbocycles. The Bertz CT molecular complexity index is 1080. The van der Waals surface area contributed by atoms with Crippen LogP contribution >= 0.6 is 0 Å². The lowest BCUT2D eigenvalue weighted by Crippen LogP contribution is -2.42. The number of hydrogen-bond donors (Lipinski definition) is 0. The molecular formula is C25H27NO6. The van der Waals surface area contributed by atoms with Gasteiger partial charge < -0.3 is 28.6 Å². The van der Waals surface area contributed by atoms with E-state index >= 15 is 0 Å². The van der Waals surface area contributed by atoms with Gasteiger partial charge in [0, 0.05) is 13.1 Å². The maximum absolute atomic E-state index is 12.5. The lowest BCUT2D eigenvalue weighted by Gasteiger charge is -2.26. The monoisotopic (exact) mass is 437 g/mol. The predicted molar refractivity (Wildman–Crippen MR) is 122 cm³/mol. The summed E-state index contributed by atoms with van der Waals surface area (Å²) in [6.45, 7) is 2.29. The number of benzene rings is 3. The van der Waals surface area contributed by atoms with Crippen LogP contribution in [0.15, 0.2) is 48.5 Å². The molecule has 1 saturated heterocycles. The second-order valence-corrected chi connectivity index (χ2v) is 7.39. The van der Waals surface area contributed by atoms with Crippen molar-refractivity contribution in [1.82, 2.24) is 4.90 Å². The van der Waals surface area contributed by atoms with E-state index in [1.54, 1.807) is 26.2 Å². The molecule has 0 aliphatic carbocycles. The topological polar surface area (TPSA) is 66.5 Å². The van der Waals surface area contributed by atoms with Gasteiger partial charge in [0.2, 0.25) is 5.75 Å². The smallest absolute Gasteiger partial charge is 0.260 e. The number of hydrogen-bond acceptors (Lipinski definition) is 6. The molecule has 4 rings (SSSR count). The van der Waals surface area contributed by atoms with E-state index in [0.717, 1.165) is 21.9 Å². The summed E-state index contributed by atoms with van der Waals surface area (Å²) in [5.74, 6) is 2.25. The van der Waals surface area contributed by atoms with Crippen LogP contribution in [0.5, 0.6) is 23.0 Å². The Morgan fingerprint density at radius 2 is 1.62 bits per heavy atom. The molecule has 0 atom stereocenters. The molecule has 3 aromatic rings. The molecule has 0 unspecified atom stereocenters. The lowest BCUT2D eigenvalue weighted by atomic mass is 9.97. The molecule has 1 fully saturated rings. The number of rotatable bonds is 7. The van der Waals surface area contributed by atoms with E-state index in [1.165, 1.54) is 0 Å². The zero-order chi connectivity index (χ0) is 22.5. The van der Waals surface area contributed by atoms with Crippen LogP contribution in [0, 0.1) is 0 Å². The molecule has 1 aliphatic rings. The van der Waals surface area contributed by atoms with Crippen molar-refractivity contribution in [3.8, 4) is 34.1 Å². The molecule has 0 N–H and O–H groups in total. The van der Waals surface area contributed by atoms with Crippen molar-refractivity contribution in [2.24, 2.45) is 0 Å². The van der Waals surface area contributed by atoms with E-state index in [9.17, 15) is 4.79 Å². The Balaban J connectivity index is 1.71. The number of morpholine rings is 1. The van der Waals surface area contributed by atoms with E-state index in [4.69, 9.17) is 23.7 Å². The van der Waals surface area contributed by atoms with Crippen molar-refractivity contribution >= 4 is 16.7 Å². The summed E-state index contributed by atoms with van der Waals surface area (Å²) < 4.78 is 27.8. The van der Waals surface area contributed by atoms with Crippen molar-refractivity contribution in [3.63, 3.8) is 0 Å². The summed E-state index contributed by atoms with van der Waals surface area (Å²) in [7, 11) is 4.77. The van der Waals surface area contributed by atoms with Gasteiger partial charge in [0.1, 0.15) is 5.75 Å². The van der Waals surface area contributed by atoms with Crippen molar-refractivity contribution in [2.45, 2.75) is 0 Å². The van der Waals surface area contributed by atoms with Crippen LogP contribution in [-0.2, 0) is 9.53 Å². The first-order valence-corrected chi connectivity index (χ1v) is 10.5. The third-order valence-electron chi connectivity index (χ3n) is 5.54. The fourth-order valence-electron chi connectivity index (χ4n) is 3.89. The largest absolute Gasteiger partial charge is 0.493 e. The molecule has 1 aliphatic heterocycles. The maximum atomic E-state index is 12.5. The molecule has 0 radical (unpaired) electrons. The van der Waals surface area contributed by atoms with Gasteiger partial charge in [-0.25, -0.2) is 0 Å². The van der Waals surface area contributed by atoms with Gasteiger partial charge in [0.05, 0.1) is 34.5 Å². The number of nitrogens with zero attached hydrogens (tertiary/aromatic N) is 1. The molecule has 0 aromatic heterocycles. The summed E-state index contributed by atoms with van der Waals surface area (Å²) in [5.41, 5.74) is 1.83. The molecule has 7 heteroatoms. The summed E-state index contributed by atoms with van der Waals surface area (Å²) in [6, 6.07) is 15.7. The summed E-state index contributed by atoms with van der Waals surface area (Å²) in [5, 5.41) is 2.06. The molecule has 1 amide bonds. The van der Waals surface area contributed by atoms with Gasteiger partial charge >= 0.3 is 0 Å². The molecule has 0 bridgehead atoms. The average Bonchev–Trinajstić information content (AvgIpc) is 2.86. The minimum Gasteiger partial charge on any atom is -0.493 e. The van der Waals surface area contributed by atoms with Crippen LogP contribution in [0.3, 0.4) is 0 Å². The van der Waals surface area contributed by atoms with Crippen LogP contribution in [0.25, 0.3) is 21.9 Å². The van der Waals surface area contributed by atoms with Crippen molar-refractivity contribution in [1.29, 1.82) is 0 Å². The number of fused-ring (bicyclic) bond motifs is 1. The van der Waals surface area contributed by atoms with Gasteiger partial charge in [-0.2, -0.15) is 0 Å². The van der Waals surface area contributed by atoms with Crippen LogP contribution in [0.1, 0.15) is 0 Å². The molecule has 32 heavy (non-hydrogen) atoms. The Hall–Kier alpha value is -3.45. The normalized spacial score (nSPS) is 13.7. The molecule has 7 nitrogen and oxygen atoms in total. The van der Waals surface area contributed by atoms with E-state index < -0.39 is 0 Å². The fraction of sp³-hybridized carbons (Fsp3) is 0.320. The Labute approximate surface area is 187 Å². The van der Waals surface area contributed by atoms with E-state index in [2.05, 4.69) is 6.07 Å². The van der Waals surface area contributed by atoms with Crippen LogP contribution in [0.4, 0.5) is 0 Å². The number of carbonyl (C=O) groups is 1. The lowest BCUT2D eigenvalue weighted by molar-refractivity contribution is -0.137. The standard InChI is InChI=1S/C25H27NO6/c1-28-22-13-18(14-23(29-2)25(22)30-3)21-15-19(12-17-6-4-5-7-20(17)21)32-16-24(27)26-8-10-31-11-9-26/h4-7,12-15H,8-11,16H2,1-3H3. The Morgan fingerprint density at radius 3 is 2.28 bits per heavy atom. The predicted octanol–water partition coefficient (Wildman–Crippen LogP) is 3.77. The highest BCUT2D eigenvalue weighted by atomic mass is 16.5. The quantitative estimate of drug-likeness (QED) is 0.561. The Kier molecular flexibility index (Phi) is 6.66. The van der Waals surface area contributed by atoms with Crippen LogP contribution in [0.2, 0.25) is 0 Å². The maximum Gasteiger partial charge on any atom is 0.260 e. The van der Waals surface area contributed by atoms with Crippen molar-refractivity contribution in [3.05, 3.63) is 48.5 Å². The highest BCUT2D eigenvalue weighted by Crippen LogP contribution is 2.43. The number of amides is 1. The second-order valence-electron chi connectivity index (χ2n) is 7.39. The summed E-state index contributed by atoms with van der Waals surface area (Å²) in [6.07, 6.45) is 0. The molecule has 1 heterocycles. The van der Waals surface area contributed by atoms with Gasteiger partial charge in [0.15, 0.2) is 18.1 Å². The first-order chi connectivity index (χ1) is 15.6. The van der Waals surface area contributed by atoms with Crippen LogP contribution < -0.4 is 18.9 Å². The fourth-order valence-corrected chi connectivity index (χ4v) is 3.89. The third-order valence-corrected chi connectivity index (χ3v) is 5.54.